The van der Waals surface area contributed by atoms with Crippen LogP contribution in [0.2, 0.25) is 0 Å². The van der Waals surface area contributed by atoms with Crippen molar-refractivity contribution in [2.45, 2.75) is 19.9 Å². The topological polar surface area (TPSA) is 59.1 Å². The van der Waals surface area contributed by atoms with E-state index in [-0.39, 0.29) is 13.2 Å². The predicted octanol–water partition coefficient (Wildman–Crippen LogP) is 3.29. The molecule has 0 unspecified atom stereocenters. The van der Waals surface area contributed by atoms with Gasteiger partial charge in [0.25, 0.3) is 0 Å². The van der Waals surface area contributed by atoms with E-state index in [0.717, 1.165) is 31.7 Å². The van der Waals surface area contributed by atoms with Crippen molar-refractivity contribution in [3.05, 3.63) is 66.2 Å². The molecule has 0 saturated carbocycles. The van der Waals surface area contributed by atoms with Gasteiger partial charge < -0.3 is 14.4 Å². The summed E-state index contributed by atoms with van der Waals surface area (Å²) in [5, 5.41) is 0. The molecule has 2 aromatic carbocycles. The number of piperazine rings is 1. The van der Waals surface area contributed by atoms with Crippen molar-refractivity contribution in [2.75, 3.05) is 44.3 Å². The van der Waals surface area contributed by atoms with Crippen LogP contribution in [0.1, 0.15) is 25.5 Å². The molecule has 0 amide bonds. The van der Waals surface area contributed by atoms with E-state index >= 15 is 0 Å². The number of benzene rings is 2. The molecule has 1 aliphatic rings. The van der Waals surface area contributed by atoms with Crippen molar-refractivity contribution in [3.8, 4) is 0 Å². The fourth-order valence-corrected chi connectivity index (χ4v) is 3.98. The summed E-state index contributed by atoms with van der Waals surface area (Å²) in [5.41, 5.74) is 2.09. The largest absolute Gasteiger partial charge is 0.465 e. The first-order chi connectivity index (χ1) is 14.7. The highest BCUT2D eigenvalue weighted by atomic mass is 16.6. The molecule has 2 aromatic rings. The van der Waals surface area contributed by atoms with E-state index in [1.807, 2.05) is 48.5 Å². The highest BCUT2D eigenvalue weighted by molar-refractivity contribution is 5.96. The van der Waals surface area contributed by atoms with Gasteiger partial charge in [-0.1, -0.05) is 48.5 Å². The van der Waals surface area contributed by atoms with E-state index in [0.29, 0.717) is 0 Å². The summed E-state index contributed by atoms with van der Waals surface area (Å²) >= 11 is 0. The SMILES string of the molecule is CCOC(=O)C(C(=O)OCC)[C@H](c1ccccc1)N1CCN(c2ccccc2)CC1. The van der Waals surface area contributed by atoms with Crippen molar-refractivity contribution in [3.63, 3.8) is 0 Å². The van der Waals surface area contributed by atoms with Gasteiger partial charge in [-0.3, -0.25) is 14.5 Å². The van der Waals surface area contributed by atoms with Gasteiger partial charge in [0.15, 0.2) is 5.92 Å². The number of anilines is 1. The molecule has 0 radical (unpaired) electrons. The Balaban J connectivity index is 1.87. The fourth-order valence-electron chi connectivity index (χ4n) is 3.98. The summed E-state index contributed by atoms with van der Waals surface area (Å²) in [6.07, 6.45) is 0. The van der Waals surface area contributed by atoms with Gasteiger partial charge in [0, 0.05) is 31.9 Å². The van der Waals surface area contributed by atoms with Crippen molar-refractivity contribution in [1.82, 2.24) is 4.90 Å². The number of nitrogens with zero attached hydrogens (tertiary/aromatic N) is 2. The number of rotatable bonds is 8. The third-order valence-corrected chi connectivity index (χ3v) is 5.37. The normalized spacial score (nSPS) is 15.6. The lowest BCUT2D eigenvalue weighted by Crippen LogP contribution is -2.51. The Morgan fingerprint density at radius 3 is 1.80 bits per heavy atom. The van der Waals surface area contributed by atoms with Crippen molar-refractivity contribution in [2.24, 2.45) is 5.92 Å². The van der Waals surface area contributed by atoms with Crippen LogP contribution >= 0.6 is 0 Å². The summed E-state index contributed by atoms with van der Waals surface area (Å²) in [6.45, 7) is 7.01. The van der Waals surface area contributed by atoms with E-state index in [1.165, 1.54) is 5.69 Å². The Kier molecular flexibility index (Phi) is 7.85. The van der Waals surface area contributed by atoms with Gasteiger partial charge >= 0.3 is 11.9 Å². The molecule has 3 rings (SSSR count). The van der Waals surface area contributed by atoms with Crippen LogP contribution in [-0.2, 0) is 19.1 Å². The van der Waals surface area contributed by atoms with Crippen LogP contribution in [0, 0.1) is 5.92 Å². The molecule has 1 fully saturated rings. The van der Waals surface area contributed by atoms with Gasteiger partial charge in [0.2, 0.25) is 0 Å². The second-order valence-corrected chi connectivity index (χ2v) is 7.20. The van der Waals surface area contributed by atoms with Crippen LogP contribution < -0.4 is 4.90 Å². The highest BCUT2D eigenvalue weighted by Crippen LogP contribution is 2.32. The Bertz CT molecular complexity index is 786. The minimum Gasteiger partial charge on any atom is -0.465 e. The third-order valence-electron chi connectivity index (χ3n) is 5.37. The van der Waals surface area contributed by atoms with Crippen molar-refractivity contribution >= 4 is 17.6 Å². The van der Waals surface area contributed by atoms with Gasteiger partial charge in [-0.25, -0.2) is 0 Å². The third kappa shape index (κ3) is 5.19. The molecule has 160 valence electrons. The van der Waals surface area contributed by atoms with Crippen LogP contribution in [0.3, 0.4) is 0 Å². The van der Waals surface area contributed by atoms with E-state index in [2.05, 4.69) is 21.9 Å². The minimum absolute atomic E-state index is 0.220. The number of hydrogen-bond donors (Lipinski definition) is 0. The summed E-state index contributed by atoms with van der Waals surface area (Å²) in [7, 11) is 0. The molecule has 30 heavy (non-hydrogen) atoms. The van der Waals surface area contributed by atoms with E-state index in [4.69, 9.17) is 9.47 Å². The van der Waals surface area contributed by atoms with Gasteiger partial charge in [-0.05, 0) is 31.5 Å². The molecule has 1 saturated heterocycles. The van der Waals surface area contributed by atoms with Crippen LogP contribution in [0.5, 0.6) is 0 Å². The second-order valence-electron chi connectivity index (χ2n) is 7.20. The molecular formula is C24H30N2O4. The lowest BCUT2D eigenvalue weighted by molar-refractivity contribution is -0.165. The summed E-state index contributed by atoms with van der Waals surface area (Å²) in [4.78, 5) is 30.2. The maximum atomic E-state index is 12.8. The minimum atomic E-state index is -1.02. The quantitative estimate of drug-likeness (QED) is 0.492. The van der Waals surface area contributed by atoms with Gasteiger partial charge in [-0.15, -0.1) is 0 Å². The molecule has 6 nitrogen and oxygen atoms in total. The first kappa shape index (κ1) is 21.8. The molecule has 6 heteroatoms. The fraction of sp³-hybridized carbons (Fsp3) is 0.417. The predicted molar refractivity (Wildman–Crippen MR) is 116 cm³/mol. The zero-order chi connectivity index (χ0) is 21.3. The van der Waals surface area contributed by atoms with E-state index in [9.17, 15) is 9.59 Å². The Morgan fingerprint density at radius 2 is 1.30 bits per heavy atom. The van der Waals surface area contributed by atoms with Crippen LogP contribution in [0.15, 0.2) is 60.7 Å². The average Bonchev–Trinajstić information content (AvgIpc) is 2.79. The Labute approximate surface area is 178 Å². The molecule has 0 aliphatic carbocycles. The molecule has 1 atom stereocenters. The van der Waals surface area contributed by atoms with Gasteiger partial charge in [0.05, 0.1) is 19.3 Å². The van der Waals surface area contributed by atoms with Gasteiger partial charge in [0.1, 0.15) is 0 Å². The van der Waals surface area contributed by atoms with E-state index in [1.54, 1.807) is 13.8 Å². The second kappa shape index (κ2) is 10.8. The zero-order valence-electron chi connectivity index (χ0n) is 17.7. The van der Waals surface area contributed by atoms with Crippen molar-refractivity contribution in [1.29, 1.82) is 0 Å². The molecule has 1 heterocycles. The monoisotopic (exact) mass is 410 g/mol. The smallest absolute Gasteiger partial charge is 0.322 e. The number of esters is 2. The maximum Gasteiger partial charge on any atom is 0.322 e. The lowest BCUT2D eigenvalue weighted by atomic mass is 9.90. The van der Waals surface area contributed by atoms with Crippen molar-refractivity contribution < 1.29 is 19.1 Å². The number of hydrogen-bond acceptors (Lipinski definition) is 6. The molecule has 0 aromatic heterocycles. The summed E-state index contributed by atoms with van der Waals surface area (Å²) in [5.74, 6) is -2.08. The average molecular weight is 411 g/mol. The van der Waals surface area contributed by atoms with Crippen LogP contribution in [-0.4, -0.2) is 56.2 Å². The maximum absolute atomic E-state index is 12.8. The van der Waals surface area contributed by atoms with E-state index < -0.39 is 23.9 Å². The standard InChI is InChI=1S/C24H30N2O4/c1-3-29-23(27)21(24(28)30-4-2)22(19-11-7-5-8-12-19)26-17-15-25(16-18-26)20-13-9-6-10-14-20/h5-14,21-22H,3-4,15-18H2,1-2H3/t22-/m0/s1. The highest BCUT2D eigenvalue weighted by Gasteiger charge is 2.42. The molecule has 0 bridgehead atoms. The number of carbonyl (C=O) groups excluding carboxylic acids is 2. The summed E-state index contributed by atoms with van der Waals surface area (Å²) in [6, 6.07) is 19.5. The lowest BCUT2D eigenvalue weighted by Gasteiger charge is -2.42. The molecular weight excluding hydrogens is 380 g/mol. The molecule has 0 N–H and O–H groups in total. The first-order valence-corrected chi connectivity index (χ1v) is 10.6. The number of ether oxygens (including phenoxy) is 2. The van der Waals surface area contributed by atoms with Gasteiger partial charge in [-0.2, -0.15) is 0 Å². The Morgan fingerprint density at radius 1 is 0.800 bits per heavy atom. The van der Waals surface area contributed by atoms with Crippen LogP contribution in [0.4, 0.5) is 5.69 Å². The number of para-hydroxylation sites is 1. The molecule has 0 spiro atoms. The van der Waals surface area contributed by atoms with Crippen LogP contribution in [0.25, 0.3) is 0 Å². The first-order valence-electron chi connectivity index (χ1n) is 10.6. The number of carbonyl (C=O) groups is 2. The summed E-state index contributed by atoms with van der Waals surface area (Å²) < 4.78 is 10.6. The Hall–Kier alpha value is -2.86. The molecule has 1 aliphatic heterocycles. The zero-order valence-corrected chi connectivity index (χ0v) is 17.7.